The Balaban J connectivity index is 1.94. The minimum absolute atomic E-state index is 0.0995. The van der Waals surface area contributed by atoms with E-state index >= 15 is 0 Å². The molecule has 0 bridgehead atoms. The Hall–Kier alpha value is -2.33. The van der Waals surface area contributed by atoms with Gasteiger partial charge in [0.25, 0.3) is 5.91 Å². The molecule has 2 rings (SSSR count). The average molecular weight is 299 g/mol. The molecule has 0 fully saturated rings. The number of carbonyl (C=O) groups is 1. The Morgan fingerprint density at radius 3 is 2.32 bits per heavy atom. The van der Waals surface area contributed by atoms with Crippen LogP contribution in [0.4, 0.5) is 0 Å². The third-order valence-electron chi connectivity index (χ3n) is 3.50. The molecule has 0 aliphatic carbocycles. The normalized spacial score (nSPS) is 11.8. The highest BCUT2D eigenvalue weighted by molar-refractivity contribution is 5.93. The van der Waals surface area contributed by atoms with E-state index in [9.17, 15) is 9.90 Å². The lowest BCUT2D eigenvalue weighted by Gasteiger charge is -2.10. The predicted octanol–water partition coefficient (Wildman–Crippen LogP) is 3.07. The largest absolute Gasteiger partial charge is 0.489 e. The summed E-state index contributed by atoms with van der Waals surface area (Å²) in [5, 5.41) is 12.3. The highest BCUT2D eigenvalue weighted by atomic mass is 16.5. The molecule has 1 atom stereocenters. The van der Waals surface area contributed by atoms with Crippen molar-refractivity contribution in [2.75, 3.05) is 7.05 Å². The van der Waals surface area contributed by atoms with Crippen molar-refractivity contribution in [3.63, 3.8) is 0 Å². The van der Waals surface area contributed by atoms with Crippen molar-refractivity contribution in [1.82, 2.24) is 5.32 Å². The molecule has 0 radical (unpaired) electrons. The highest BCUT2D eigenvalue weighted by Gasteiger charge is 2.05. The van der Waals surface area contributed by atoms with Gasteiger partial charge < -0.3 is 15.2 Å². The standard InChI is InChI=1S/C18H21NO3/c1-3-17(20)14-8-10-16(11-9-14)22-12-13-4-6-15(7-5-13)18(21)19-2/h4-11,17,20H,3,12H2,1-2H3,(H,19,21)/t17-/m1/s1. The van der Waals surface area contributed by atoms with E-state index in [2.05, 4.69) is 5.32 Å². The van der Waals surface area contributed by atoms with Crippen LogP contribution in [0.1, 0.15) is 40.9 Å². The van der Waals surface area contributed by atoms with E-state index in [0.717, 1.165) is 16.9 Å². The number of nitrogens with one attached hydrogen (secondary N) is 1. The number of hydrogen-bond acceptors (Lipinski definition) is 3. The molecule has 1 amide bonds. The van der Waals surface area contributed by atoms with Crippen molar-refractivity contribution in [3.8, 4) is 5.75 Å². The molecule has 0 saturated heterocycles. The van der Waals surface area contributed by atoms with Gasteiger partial charge in [0.15, 0.2) is 0 Å². The van der Waals surface area contributed by atoms with Crippen LogP contribution in [0.3, 0.4) is 0 Å². The summed E-state index contributed by atoms with van der Waals surface area (Å²) in [5.74, 6) is 0.653. The lowest BCUT2D eigenvalue weighted by Crippen LogP contribution is -2.17. The zero-order chi connectivity index (χ0) is 15.9. The van der Waals surface area contributed by atoms with E-state index in [1.807, 2.05) is 43.3 Å². The van der Waals surface area contributed by atoms with Crippen LogP contribution < -0.4 is 10.1 Å². The first-order chi connectivity index (χ1) is 10.6. The number of rotatable bonds is 6. The van der Waals surface area contributed by atoms with Crippen LogP contribution in [0.5, 0.6) is 5.75 Å². The van der Waals surface area contributed by atoms with Crippen molar-refractivity contribution >= 4 is 5.91 Å². The second kappa shape index (κ2) is 7.61. The fraction of sp³-hybridized carbons (Fsp3) is 0.278. The maximum absolute atomic E-state index is 11.5. The molecule has 4 nitrogen and oxygen atoms in total. The summed E-state index contributed by atoms with van der Waals surface area (Å²) in [4.78, 5) is 11.5. The van der Waals surface area contributed by atoms with E-state index in [-0.39, 0.29) is 5.91 Å². The lowest BCUT2D eigenvalue weighted by atomic mass is 10.1. The zero-order valence-electron chi connectivity index (χ0n) is 12.9. The number of benzene rings is 2. The first-order valence-corrected chi connectivity index (χ1v) is 7.36. The molecule has 0 saturated carbocycles. The maximum atomic E-state index is 11.5. The number of carbonyl (C=O) groups excluding carboxylic acids is 1. The Morgan fingerprint density at radius 2 is 1.77 bits per heavy atom. The van der Waals surface area contributed by atoms with Crippen LogP contribution in [-0.4, -0.2) is 18.1 Å². The van der Waals surface area contributed by atoms with Gasteiger partial charge in [0.1, 0.15) is 12.4 Å². The molecule has 22 heavy (non-hydrogen) atoms. The zero-order valence-corrected chi connectivity index (χ0v) is 12.9. The second-order valence-electron chi connectivity index (χ2n) is 5.06. The quantitative estimate of drug-likeness (QED) is 0.862. The van der Waals surface area contributed by atoms with Gasteiger partial charge in [-0.15, -0.1) is 0 Å². The summed E-state index contributed by atoms with van der Waals surface area (Å²) in [6.07, 6.45) is 0.268. The third kappa shape index (κ3) is 4.09. The smallest absolute Gasteiger partial charge is 0.251 e. The lowest BCUT2D eigenvalue weighted by molar-refractivity contribution is 0.0963. The summed E-state index contributed by atoms with van der Waals surface area (Å²) in [7, 11) is 1.61. The van der Waals surface area contributed by atoms with Gasteiger partial charge in [-0.05, 0) is 41.8 Å². The first-order valence-electron chi connectivity index (χ1n) is 7.36. The van der Waals surface area contributed by atoms with E-state index in [4.69, 9.17) is 4.74 Å². The molecule has 0 heterocycles. The first kappa shape index (κ1) is 16.0. The van der Waals surface area contributed by atoms with Gasteiger partial charge in [-0.2, -0.15) is 0 Å². The van der Waals surface area contributed by atoms with E-state index in [0.29, 0.717) is 18.6 Å². The fourth-order valence-electron chi connectivity index (χ4n) is 2.09. The number of ether oxygens (including phenoxy) is 1. The summed E-state index contributed by atoms with van der Waals surface area (Å²) in [6.45, 7) is 2.38. The monoisotopic (exact) mass is 299 g/mol. The molecule has 2 aromatic carbocycles. The van der Waals surface area contributed by atoms with Crippen molar-refractivity contribution in [3.05, 3.63) is 65.2 Å². The summed E-state index contributed by atoms with van der Waals surface area (Å²) in [5.41, 5.74) is 2.51. The molecule has 0 unspecified atom stereocenters. The Bertz CT molecular complexity index is 605. The molecule has 4 heteroatoms. The molecule has 2 aromatic rings. The minimum atomic E-state index is -0.425. The number of aliphatic hydroxyl groups excluding tert-OH is 1. The summed E-state index contributed by atoms with van der Waals surface area (Å²) in [6, 6.07) is 14.8. The molecule has 116 valence electrons. The molecule has 0 aliphatic rings. The van der Waals surface area contributed by atoms with Gasteiger partial charge >= 0.3 is 0 Å². The van der Waals surface area contributed by atoms with Crippen molar-refractivity contribution in [2.24, 2.45) is 0 Å². The van der Waals surface area contributed by atoms with Gasteiger partial charge in [0, 0.05) is 12.6 Å². The summed E-state index contributed by atoms with van der Waals surface area (Å²) < 4.78 is 5.70. The van der Waals surface area contributed by atoms with Gasteiger partial charge in [0.05, 0.1) is 6.10 Å². The van der Waals surface area contributed by atoms with Gasteiger partial charge in [0.2, 0.25) is 0 Å². The SMILES string of the molecule is CC[C@@H](O)c1ccc(OCc2ccc(C(=O)NC)cc2)cc1. The van der Waals surface area contributed by atoms with Crippen LogP contribution in [0.25, 0.3) is 0 Å². The van der Waals surface area contributed by atoms with Gasteiger partial charge in [-0.25, -0.2) is 0 Å². The average Bonchev–Trinajstić information content (AvgIpc) is 2.59. The molecule has 2 N–H and O–H groups in total. The molecule has 0 aliphatic heterocycles. The van der Waals surface area contributed by atoms with E-state index < -0.39 is 6.10 Å². The van der Waals surface area contributed by atoms with Crippen molar-refractivity contribution in [1.29, 1.82) is 0 Å². The molecule has 0 spiro atoms. The molecular formula is C18H21NO3. The second-order valence-corrected chi connectivity index (χ2v) is 5.06. The number of aliphatic hydroxyl groups is 1. The topological polar surface area (TPSA) is 58.6 Å². The van der Waals surface area contributed by atoms with Gasteiger partial charge in [-0.3, -0.25) is 4.79 Å². The van der Waals surface area contributed by atoms with E-state index in [1.54, 1.807) is 19.2 Å². The van der Waals surface area contributed by atoms with Crippen LogP contribution >= 0.6 is 0 Å². The van der Waals surface area contributed by atoms with Gasteiger partial charge in [-0.1, -0.05) is 31.2 Å². The highest BCUT2D eigenvalue weighted by Crippen LogP contribution is 2.20. The Morgan fingerprint density at radius 1 is 1.14 bits per heavy atom. The van der Waals surface area contributed by atoms with Crippen molar-refractivity contribution in [2.45, 2.75) is 26.1 Å². The molecule has 0 aromatic heterocycles. The van der Waals surface area contributed by atoms with Crippen LogP contribution in [0.2, 0.25) is 0 Å². The van der Waals surface area contributed by atoms with Crippen molar-refractivity contribution < 1.29 is 14.6 Å². The number of amides is 1. The van der Waals surface area contributed by atoms with Crippen LogP contribution in [0.15, 0.2) is 48.5 Å². The fourth-order valence-corrected chi connectivity index (χ4v) is 2.09. The predicted molar refractivity (Wildman–Crippen MR) is 85.9 cm³/mol. The van der Waals surface area contributed by atoms with Crippen LogP contribution in [-0.2, 0) is 6.61 Å². The van der Waals surface area contributed by atoms with Crippen LogP contribution in [0, 0.1) is 0 Å². The summed E-state index contributed by atoms with van der Waals surface area (Å²) >= 11 is 0. The van der Waals surface area contributed by atoms with E-state index in [1.165, 1.54) is 0 Å². The number of hydrogen-bond donors (Lipinski definition) is 2. The Labute approximate surface area is 130 Å². The Kier molecular flexibility index (Phi) is 5.55. The third-order valence-corrected chi connectivity index (χ3v) is 3.50. The maximum Gasteiger partial charge on any atom is 0.251 e. The molecular weight excluding hydrogens is 278 g/mol. The minimum Gasteiger partial charge on any atom is -0.489 e.